The average Bonchev–Trinajstić information content (AvgIpc) is 2.17. The molecule has 0 aromatic heterocycles. The quantitative estimate of drug-likeness (QED) is 0.497. The molecule has 0 aliphatic carbocycles. The SMILES string of the molecule is C=C(C)C(=O)OC(C(C)C)C(CC)CC. The fourth-order valence-electron chi connectivity index (χ4n) is 1.75. The first kappa shape index (κ1) is 14.2. The van der Waals surface area contributed by atoms with Crippen LogP contribution in [-0.2, 0) is 9.53 Å². The number of hydrogen-bond donors (Lipinski definition) is 0. The van der Waals surface area contributed by atoms with Crippen molar-refractivity contribution >= 4 is 5.97 Å². The Labute approximate surface area is 93.7 Å². The monoisotopic (exact) mass is 212 g/mol. The van der Waals surface area contributed by atoms with Crippen molar-refractivity contribution in [3.05, 3.63) is 12.2 Å². The van der Waals surface area contributed by atoms with Gasteiger partial charge in [-0.25, -0.2) is 4.79 Å². The van der Waals surface area contributed by atoms with Gasteiger partial charge in [0.1, 0.15) is 6.10 Å². The first-order valence-electron chi connectivity index (χ1n) is 5.80. The molecule has 88 valence electrons. The number of carbonyl (C=O) groups excluding carboxylic acids is 1. The smallest absolute Gasteiger partial charge is 0.333 e. The molecule has 0 heterocycles. The van der Waals surface area contributed by atoms with Crippen LogP contribution in [0, 0.1) is 11.8 Å². The first-order valence-corrected chi connectivity index (χ1v) is 5.80. The number of carbonyl (C=O) groups is 1. The Morgan fingerprint density at radius 2 is 1.73 bits per heavy atom. The number of hydrogen-bond acceptors (Lipinski definition) is 2. The summed E-state index contributed by atoms with van der Waals surface area (Å²) in [4.78, 5) is 11.5. The normalized spacial score (nSPS) is 13.0. The van der Waals surface area contributed by atoms with Gasteiger partial charge in [0, 0.05) is 5.57 Å². The van der Waals surface area contributed by atoms with Crippen molar-refractivity contribution in [2.45, 2.75) is 53.6 Å². The van der Waals surface area contributed by atoms with Crippen LogP contribution in [0.1, 0.15) is 47.5 Å². The lowest BCUT2D eigenvalue weighted by Crippen LogP contribution is -2.31. The highest BCUT2D eigenvalue weighted by Gasteiger charge is 2.25. The van der Waals surface area contributed by atoms with Crippen LogP contribution in [0.4, 0.5) is 0 Å². The first-order chi connectivity index (χ1) is 6.93. The lowest BCUT2D eigenvalue weighted by molar-refractivity contribution is -0.150. The third-order valence-electron chi connectivity index (χ3n) is 2.76. The molecule has 0 aliphatic heterocycles. The van der Waals surface area contributed by atoms with Crippen molar-refractivity contribution in [3.8, 4) is 0 Å². The molecule has 0 aromatic carbocycles. The predicted molar refractivity (Wildman–Crippen MR) is 63.6 cm³/mol. The van der Waals surface area contributed by atoms with Crippen molar-refractivity contribution in [2.24, 2.45) is 11.8 Å². The topological polar surface area (TPSA) is 26.3 Å². The van der Waals surface area contributed by atoms with Gasteiger partial charge in [-0.1, -0.05) is 34.3 Å². The van der Waals surface area contributed by atoms with Crippen LogP contribution in [0.2, 0.25) is 0 Å². The standard InChI is InChI=1S/C13H24O2/c1-7-11(8-2)12(9(3)4)15-13(14)10(5)6/h9,11-12H,5,7-8H2,1-4,6H3. The Morgan fingerprint density at radius 3 is 2.00 bits per heavy atom. The Hall–Kier alpha value is -0.790. The highest BCUT2D eigenvalue weighted by Crippen LogP contribution is 2.23. The molecule has 0 aliphatic rings. The summed E-state index contributed by atoms with van der Waals surface area (Å²) < 4.78 is 5.48. The summed E-state index contributed by atoms with van der Waals surface area (Å²) in [7, 11) is 0. The molecule has 0 N–H and O–H groups in total. The summed E-state index contributed by atoms with van der Waals surface area (Å²) in [6.45, 7) is 13.7. The number of esters is 1. The molecule has 15 heavy (non-hydrogen) atoms. The Bertz CT molecular complexity index is 215. The molecule has 0 saturated carbocycles. The third-order valence-corrected chi connectivity index (χ3v) is 2.76. The molecule has 0 aromatic rings. The van der Waals surface area contributed by atoms with Gasteiger partial charge in [0.05, 0.1) is 0 Å². The van der Waals surface area contributed by atoms with E-state index in [4.69, 9.17) is 4.74 Å². The van der Waals surface area contributed by atoms with E-state index in [1.165, 1.54) is 0 Å². The lowest BCUT2D eigenvalue weighted by atomic mass is 9.89. The van der Waals surface area contributed by atoms with Gasteiger partial charge in [-0.2, -0.15) is 0 Å². The Balaban J connectivity index is 4.53. The van der Waals surface area contributed by atoms with E-state index in [1.807, 2.05) is 0 Å². The van der Waals surface area contributed by atoms with E-state index in [2.05, 4.69) is 34.3 Å². The molecular weight excluding hydrogens is 188 g/mol. The van der Waals surface area contributed by atoms with Crippen LogP contribution < -0.4 is 0 Å². The lowest BCUT2D eigenvalue weighted by Gasteiger charge is -2.28. The van der Waals surface area contributed by atoms with Crippen molar-refractivity contribution in [2.75, 3.05) is 0 Å². The highest BCUT2D eigenvalue weighted by atomic mass is 16.5. The van der Waals surface area contributed by atoms with E-state index in [1.54, 1.807) is 6.92 Å². The maximum atomic E-state index is 11.5. The van der Waals surface area contributed by atoms with Gasteiger partial charge in [-0.05, 0) is 31.6 Å². The van der Waals surface area contributed by atoms with E-state index in [0.717, 1.165) is 12.8 Å². The predicted octanol–water partition coefficient (Wildman–Crippen LogP) is 3.57. The van der Waals surface area contributed by atoms with Crippen LogP contribution in [0.5, 0.6) is 0 Å². The van der Waals surface area contributed by atoms with E-state index in [-0.39, 0.29) is 12.1 Å². The average molecular weight is 212 g/mol. The maximum Gasteiger partial charge on any atom is 0.333 e. The summed E-state index contributed by atoms with van der Waals surface area (Å²) in [6.07, 6.45) is 2.11. The summed E-state index contributed by atoms with van der Waals surface area (Å²) in [5.41, 5.74) is 0.478. The molecule has 0 saturated heterocycles. The molecule has 1 unspecified atom stereocenters. The zero-order valence-corrected chi connectivity index (χ0v) is 10.7. The molecule has 0 radical (unpaired) electrons. The van der Waals surface area contributed by atoms with Crippen LogP contribution >= 0.6 is 0 Å². The Kier molecular flexibility index (Phi) is 6.30. The largest absolute Gasteiger partial charge is 0.458 e. The van der Waals surface area contributed by atoms with Crippen LogP contribution in [0.15, 0.2) is 12.2 Å². The van der Waals surface area contributed by atoms with E-state index < -0.39 is 0 Å². The highest BCUT2D eigenvalue weighted by molar-refractivity contribution is 5.87. The van der Waals surface area contributed by atoms with Crippen molar-refractivity contribution < 1.29 is 9.53 Å². The number of ether oxygens (including phenoxy) is 1. The van der Waals surface area contributed by atoms with Crippen LogP contribution in [0.3, 0.4) is 0 Å². The number of rotatable bonds is 6. The van der Waals surface area contributed by atoms with Gasteiger partial charge in [0.2, 0.25) is 0 Å². The van der Waals surface area contributed by atoms with Gasteiger partial charge >= 0.3 is 5.97 Å². The second-order valence-corrected chi connectivity index (χ2v) is 4.47. The molecule has 0 bridgehead atoms. The van der Waals surface area contributed by atoms with Gasteiger partial charge in [-0.3, -0.25) is 0 Å². The van der Waals surface area contributed by atoms with Gasteiger partial charge in [0.15, 0.2) is 0 Å². The van der Waals surface area contributed by atoms with Gasteiger partial charge in [0.25, 0.3) is 0 Å². The summed E-state index contributed by atoms with van der Waals surface area (Å²) in [5, 5.41) is 0. The zero-order valence-electron chi connectivity index (χ0n) is 10.7. The second kappa shape index (κ2) is 6.65. The minimum absolute atomic E-state index is 0.0178. The zero-order chi connectivity index (χ0) is 12.0. The molecule has 0 rings (SSSR count). The molecule has 1 atom stereocenters. The molecule has 0 spiro atoms. The van der Waals surface area contributed by atoms with Gasteiger partial charge in [-0.15, -0.1) is 0 Å². The van der Waals surface area contributed by atoms with Crippen molar-refractivity contribution in [1.29, 1.82) is 0 Å². The second-order valence-electron chi connectivity index (χ2n) is 4.47. The van der Waals surface area contributed by atoms with Crippen LogP contribution in [-0.4, -0.2) is 12.1 Å². The fourth-order valence-corrected chi connectivity index (χ4v) is 1.75. The van der Waals surface area contributed by atoms with Crippen molar-refractivity contribution in [3.63, 3.8) is 0 Å². The Morgan fingerprint density at radius 1 is 1.27 bits per heavy atom. The molecule has 2 heteroatoms. The molecular formula is C13H24O2. The third kappa shape index (κ3) is 4.50. The fraction of sp³-hybridized carbons (Fsp3) is 0.769. The summed E-state index contributed by atoms with van der Waals surface area (Å²) in [5.74, 6) is 0.548. The summed E-state index contributed by atoms with van der Waals surface area (Å²) >= 11 is 0. The van der Waals surface area contributed by atoms with E-state index in [9.17, 15) is 4.79 Å². The van der Waals surface area contributed by atoms with E-state index in [0.29, 0.717) is 17.4 Å². The maximum absolute atomic E-state index is 11.5. The molecule has 0 amide bonds. The minimum atomic E-state index is -0.263. The van der Waals surface area contributed by atoms with Crippen LogP contribution in [0.25, 0.3) is 0 Å². The minimum Gasteiger partial charge on any atom is -0.458 e. The summed E-state index contributed by atoms with van der Waals surface area (Å²) in [6, 6.07) is 0. The van der Waals surface area contributed by atoms with Gasteiger partial charge < -0.3 is 4.74 Å². The van der Waals surface area contributed by atoms with Crippen molar-refractivity contribution in [1.82, 2.24) is 0 Å². The molecule has 0 fully saturated rings. The van der Waals surface area contributed by atoms with E-state index >= 15 is 0 Å². The molecule has 2 nitrogen and oxygen atoms in total.